The van der Waals surface area contributed by atoms with E-state index in [1.807, 2.05) is 0 Å². The number of H-pyrrole nitrogens is 1. The second-order valence-electron chi connectivity index (χ2n) is 3.78. The Balaban J connectivity index is 1.98. The smallest absolute Gasteiger partial charge is 0.264 e. The van der Waals surface area contributed by atoms with Gasteiger partial charge in [0.15, 0.2) is 10.7 Å². The summed E-state index contributed by atoms with van der Waals surface area (Å²) in [5, 5.41) is 0.680. The van der Waals surface area contributed by atoms with E-state index in [-0.39, 0.29) is 11.4 Å². The quantitative estimate of drug-likeness (QED) is 0.474. The molecule has 5 N–H and O–H groups in total. The van der Waals surface area contributed by atoms with Crippen molar-refractivity contribution in [3.05, 3.63) is 34.6 Å². The summed E-state index contributed by atoms with van der Waals surface area (Å²) >= 11 is 1.08. The minimum Gasteiger partial charge on any atom is -0.431 e. The first-order chi connectivity index (χ1) is 9.10. The molecule has 3 rings (SSSR count). The van der Waals surface area contributed by atoms with Gasteiger partial charge in [-0.15, -0.1) is 0 Å². The molecule has 0 fully saturated rings. The molecule has 96 valence electrons. The van der Waals surface area contributed by atoms with Gasteiger partial charge in [0.05, 0.1) is 0 Å². The van der Waals surface area contributed by atoms with E-state index in [0.29, 0.717) is 27.2 Å². The van der Waals surface area contributed by atoms with Crippen molar-refractivity contribution in [1.82, 2.24) is 15.0 Å². The van der Waals surface area contributed by atoms with Crippen LogP contribution in [0.15, 0.2) is 43.9 Å². The van der Waals surface area contributed by atoms with E-state index in [1.165, 1.54) is 6.07 Å². The predicted octanol–water partition coefficient (Wildman–Crippen LogP) is 1.23. The molecule has 2 heterocycles. The number of aromatic nitrogens is 3. The molecule has 19 heavy (non-hydrogen) atoms. The van der Waals surface area contributed by atoms with Crippen molar-refractivity contribution in [2.24, 2.45) is 0 Å². The van der Waals surface area contributed by atoms with E-state index < -0.39 is 0 Å². The minimum absolute atomic E-state index is 0.145. The molecule has 0 aliphatic carbocycles. The van der Waals surface area contributed by atoms with Crippen molar-refractivity contribution in [3.8, 4) is 0 Å². The maximum atomic E-state index is 11.3. The normalized spacial score (nSPS) is 10.9. The summed E-state index contributed by atoms with van der Waals surface area (Å²) in [5.41, 5.74) is 12.7. The molecule has 0 aliphatic heterocycles. The van der Waals surface area contributed by atoms with Crippen LogP contribution >= 0.6 is 11.8 Å². The molecule has 0 radical (unpaired) electrons. The maximum absolute atomic E-state index is 11.3. The Morgan fingerprint density at radius 2 is 2.05 bits per heavy atom. The van der Waals surface area contributed by atoms with Crippen LogP contribution in [-0.4, -0.2) is 15.0 Å². The minimum atomic E-state index is -0.324. The zero-order valence-electron chi connectivity index (χ0n) is 9.58. The van der Waals surface area contributed by atoms with Gasteiger partial charge in [-0.05, 0) is 18.2 Å². The van der Waals surface area contributed by atoms with Gasteiger partial charge in [-0.1, -0.05) is 0 Å². The first-order valence-electron chi connectivity index (χ1n) is 5.31. The van der Waals surface area contributed by atoms with Crippen LogP contribution in [-0.2, 0) is 0 Å². The van der Waals surface area contributed by atoms with Gasteiger partial charge in [0.2, 0.25) is 0 Å². The Labute approximate surface area is 111 Å². The third kappa shape index (κ3) is 2.38. The highest BCUT2D eigenvalue weighted by atomic mass is 32.2. The summed E-state index contributed by atoms with van der Waals surface area (Å²) in [6.45, 7) is 0. The molecule has 2 aromatic heterocycles. The number of anilines is 2. The summed E-state index contributed by atoms with van der Waals surface area (Å²) in [6.07, 6.45) is 0. The van der Waals surface area contributed by atoms with E-state index in [9.17, 15) is 4.79 Å². The van der Waals surface area contributed by atoms with Gasteiger partial charge in [0, 0.05) is 23.5 Å². The highest BCUT2D eigenvalue weighted by Crippen LogP contribution is 2.28. The molecule has 0 amide bonds. The van der Waals surface area contributed by atoms with Gasteiger partial charge in [-0.2, -0.15) is 0 Å². The number of oxazole rings is 1. The maximum Gasteiger partial charge on any atom is 0.264 e. The highest BCUT2D eigenvalue weighted by Gasteiger charge is 2.09. The fourth-order valence-electron chi connectivity index (χ4n) is 1.55. The summed E-state index contributed by atoms with van der Waals surface area (Å²) < 4.78 is 5.50. The van der Waals surface area contributed by atoms with Crippen LogP contribution in [0.1, 0.15) is 0 Å². The van der Waals surface area contributed by atoms with Gasteiger partial charge in [-0.25, -0.2) is 9.97 Å². The molecule has 1 aromatic carbocycles. The molecule has 0 unspecified atom stereocenters. The number of hydrogen-bond acceptors (Lipinski definition) is 7. The van der Waals surface area contributed by atoms with Crippen LogP contribution in [0.4, 0.5) is 11.5 Å². The lowest BCUT2D eigenvalue weighted by molar-refractivity contribution is 0.488. The molecular weight excluding hydrogens is 266 g/mol. The average molecular weight is 275 g/mol. The Morgan fingerprint density at radius 1 is 1.21 bits per heavy atom. The molecule has 8 heteroatoms. The lowest BCUT2D eigenvalue weighted by Gasteiger charge is -1.96. The Kier molecular flexibility index (Phi) is 2.64. The van der Waals surface area contributed by atoms with Crippen molar-refractivity contribution in [2.75, 3.05) is 11.5 Å². The lowest BCUT2D eigenvalue weighted by atomic mass is 10.3. The van der Waals surface area contributed by atoms with Gasteiger partial charge < -0.3 is 20.9 Å². The Bertz CT molecular complexity index is 810. The number of hydrogen-bond donors (Lipinski definition) is 3. The fourth-order valence-corrected chi connectivity index (χ4v) is 2.29. The number of benzene rings is 1. The fraction of sp³-hybridized carbons (Fsp3) is 0. The first kappa shape index (κ1) is 11.6. The SMILES string of the molecule is Nc1ccc2oc(Sc3nc(N)cc(=O)[nH]3)nc2c1. The molecule has 0 atom stereocenters. The van der Waals surface area contributed by atoms with Gasteiger partial charge >= 0.3 is 0 Å². The van der Waals surface area contributed by atoms with Gasteiger partial charge in [-0.3, -0.25) is 4.79 Å². The molecule has 0 aliphatic rings. The van der Waals surface area contributed by atoms with Crippen molar-refractivity contribution < 1.29 is 4.42 Å². The number of rotatable bonds is 2. The van der Waals surface area contributed by atoms with E-state index in [2.05, 4.69) is 15.0 Å². The van der Waals surface area contributed by atoms with Crippen LogP contribution in [0, 0.1) is 0 Å². The molecular formula is C11H9N5O2S. The van der Waals surface area contributed by atoms with Crippen LogP contribution in [0.3, 0.4) is 0 Å². The third-order valence-electron chi connectivity index (χ3n) is 2.32. The topological polar surface area (TPSA) is 124 Å². The monoisotopic (exact) mass is 275 g/mol. The highest BCUT2D eigenvalue weighted by molar-refractivity contribution is 7.98. The van der Waals surface area contributed by atoms with Crippen LogP contribution in [0.5, 0.6) is 0 Å². The van der Waals surface area contributed by atoms with Crippen LogP contribution < -0.4 is 17.0 Å². The predicted molar refractivity (Wildman–Crippen MR) is 71.8 cm³/mol. The standard InChI is InChI=1S/C11H9N5O2S/c12-5-1-2-7-6(3-5)14-11(18-7)19-10-15-8(13)4-9(17)16-10/h1-4H,12H2,(H3,13,15,16,17). The number of nitrogen functional groups attached to an aromatic ring is 2. The lowest BCUT2D eigenvalue weighted by Crippen LogP contribution is -2.09. The second-order valence-corrected chi connectivity index (χ2v) is 4.72. The van der Waals surface area contributed by atoms with Crippen molar-refractivity contribution in [2.45, 2.75) is 10.4 Å². The molecule has 0 bridgehead atoms. The van der Waals surface area contributed by atoms with Crippen molar-refractivity contribution >= 4 is 34.4 Å². The second kappa shape index (κ2) is 4.32. The summed E-state index contributed by atoms with van der Waals surface area (Å²) in [5.74, 6) is 0.145. The molecule has 3 aromatic rings. The van der Waals surface area contributed by atoms with E-state index >= 15 is 0 Å². The third-order valence-corrected chi connectivity index (χ3v) is 3.05. The Morgan fingerprint density at radius 3 is 2.84 bits per heavy atom. The van der Waals surface area contributed by atoms with Gasteiger partial charge in [0.25, 0.3) is 10.8 Å². The number of nitrogens with two attached hydrogens (primary N) is 2. The largest absolute Gasteiger partial charge is 0.431 e. The summed E-state index contributed by atoms with van der Waals surface area (Å²) in [4.78, 5) is 22.0. The van der Waals surface area contributed by atoms with E-state index in [4.69, 9.17) is 15.9 Å². The van der Waals surface area contributed by atoms with Crippen LogP contribution in [0.2, 0.25) is 0 Å². The molecule has 0 saturated carbocycles. The number of fused-ring (bicyclic) bond motifs is 1. The molecule has 7 nitrogen and oxygen atoms in total. The van der Waals surface area contributed by atoms with E-state index in [0.717, 1.165) is 11.8 Å². The summed E-state index contributed by atoms with van der Waals surface area (Å²) in [6, 6.07) is 6.37. The zero-order chi connectivity index (χ0) is 13.4. The van der Waals surface area contributed by atoms with Gasteiger partial charge in [0.1, 0.15) is 11.3 Å². The first-order valence-corrected chi connectivity index (χ1v) is 6.12. The average Bonchev–Trinajstić information content (AvgIpc) is 2.68. The number of aromatic amines is 1. The van der Waals surface area contributed by atoms with Crippen molar-refractivity contribution in [1.29, 1.82) is 0 Å². The number of nitrogens with zero attached hydrogens (tertiary/aromatic N) is 2. The molecule has 0 spiro atoms. The molecule has 0 saturated heterocycles. The van der Waals surface area contributed by atoms with Crippen molar-refractivity contribution in [3.63, 3.8) is 0 Å². The zero-order valence-corrected chi connectivity index (χ0v) is 10.4. The Hall–Kier alpha value is -2.48. The number of nitrogens with one attached hydrogen (secondary N) is 1. The summed E-state index contributed by atoms with van der Waals surface area (Å²) in [7, 11) is 0. The van der Waals surface area contributed by atoms with Crippen LogP contribution in [0.25, 0.3) is 11.1 Å². The van der Waals surface area contributed by atoms with E-state index in [1.54, 1.807) is 18.2 Å².